The van der Waals surface area contributed by atoms with Crippen LogP contribution in [0.1, 0.15) is 52.4 Å². The summed E-state index contributed by atoms with van der Waals surface area (Å²) >= 11 is 0. The Hall–Kier alpha value is -1.06. The van der Waals surface area contributed by atoms with E-state index >= 15 is 0 Å². The van der Waals surface area contributed by atoms with Gasteiger partial charge in [0.25, 0.3) is 0 Å². The van der Waals surface area contributed by atoms with E-state index in [4.69, 9.17) is 18.9 Å². The molecular weight excluding hydrogens is 378 g/mol. The number of hydrogen-bond donors (Lipinski definition) is 2. The lowest BCUT2D eigenvalue weighted by molar-refractivity contribution is -0.155. The number of hydrogen-bond acceptors (Lipinski definition) is 7. The average molecular weight is 418 g/mol. The lowest BCUT2D eigenvalue weighted by atomic mass is 9.77. The number of carbonyl (C=O) groups is 2. The number of ketones is 1. The van der Waals surface area contributed by atoms with E-state index in [9.17, 15) is 14.7 Å². The molecule has 2 N–H and O–H groups in total. The molecule has 0 aromatic heterocycles. The first kappa shape index (κ1) is 26.0. The lowest BCUT2D eigenvalue weighted by Crippen LogP contribution is -2.62. The Morgan fingerprint density at radius 3 is 2.38 bits per heavy atom. The van der Waals surface area contributed by atoms with E-state index in [0.29, 0.717) is 51.9 Å². The van der Waals surface area contributed by atoms with Crippen LogP contribution in [0, 0.1) is 5.92 Å². The molecule has 1 aliphatic carbocycles. The molecule has 1 saturated carbocycles. The van der Waals surface area contributed by atoms with Crippen molar-refractivity contribution in [3.05, 3.63) is 0 Å². The fraction of sp³-hybridized carbons (Fsp3) is 0.905. The van der Waals surface area contributed by atoms with E-state index in [1.165, 1.54) is 6.92 Å². The summed E-state index contributed by atoms with van der Waals surface area (Å²) in [5.41, 5.74) is 0. The van der Waals surface area contributed by atoms with Crippen molar-refractivity contribution in [2.75, 3.05) is 40.6 Å². The molecule has 0 aromatic carbocycles. The fourth-order valence-electron chi connectivity index (χ4n) is 3.96. The molecule has 0 spiro atoms. The van der Waals surface area contributed by atoms with Gasteiger partial charge >= 0.3 is 0 Å². The molecule has 1 rings (SSSR count). The summed E-state index contributed by atoms with van der Waals surface area (Å²) in [6.45, 7) is 5.12. The Balaban J connectivity index is 2.60. The van der Waals surface area contributed by atoms with Gasteiger partial charge in [0.2, 0.25) is 5.91 Å². The maximum Gasteiger partial charge on any atom is 0.217 e. The van der Waals surface area contributed by atoms with Crippen molar-refractivity contribution in [3.8, 4) is 0 Å². The van der Waals surface area contributed by atoms with Crippen LogP contribution < -0.4 is 5.32 Å². The molecule has 170 valence electrons. The Kier molecular flexibility index (Phi) is 13.3. The number of carbonyl (C=O) groups excluding carboxylic acids is 2. The SMILES string of the molecule is CCCOCCC(=O)CCCOC1CC(CCO)C(OC)C(OC)C1NC(C)=O. The third-order valence-electron chi connectivity index (χ3n) is 5.30. The second-order valence-electron chi connectivity index (χ2n) is 7.55. The second kappa shape index (κ2) is 14.8. The normalized spacial score (nSPS) is 27.0. The molecule has 29 heavy (non-hydrogen) atoms. The van der Waals surface area contributed by atoms with Gasteiger partial charge in [0, 0.05) is 53.8 Å². The summed E-state index contributed by atoms with van der Waals surface area (Å²) in [4.78, 5) is 23.7. The monoisotopic (exact) mass is 417 g/mol. The molecule has 1 fully saturated rings. The number of ether oxygens (including phenoxy) is 4. The Morgan fingerprint density at radius 2 is 1.79 bits per heavy atom. The minimum atomic E-state index is -0.378. The van der Waals surface area contributed by atoms with Crippen molar-refractivity contribution >= 4 is 11.7 Å². The quantitative estimate of drug-likeness (QED) is 0.389. The van der Waals surface area contributed by atoms with Crippen LogP contribution in [0.4, 0.5) is 0 Å². The van der Waals surface area contributed by atoms with Crippen LogP contribution in [0.15, 0.2) is 0 Å². The largest absolute Gasteiger partial charge is 0.396 e. The van der Waals surface area contributed by atoms with Gasteiger partial charge in [0.1, 0.15) is 11.9 Å². The summed E-state index contributed by atoms with van der Waals surface area (Å²) in [6, 6.07) is -0.351. The van der Waals surface area contributed by atoms with Crippen molar-refractivity contribution < 1.29 is 33.6 Å². The number of amides is 1. The number of rotatable bonds is 15. The fourth-order valence-corrected chi connectivity index (χ4v) is 3.96. The third-order valence-corrected chi connectivity index (χ3v) is 5.30. The molecule has 8 nitrogen and oxygen atoms in total. The number of aliphatic hydroxyl groups excluding tert-OH is 1. The van der Waals surface area contributed by atoms with E-state index in [0.717, 1.165) is 6.42 Å². The smallest absolute Gasteiger partial charge is 0.217 e. The molecule has 1 amide bonds. The van der Waals surface area contributed by atoms with Crippen molar-refractivity contribution in [1.29, 1.82) is 0 Å². The van der Waals surface area contributed by atoms with Gasteiger partial charge in [-0.2, -0.15) is 0 Å². The van der Waals surface area contributed by atoms with Gasteiger partial charge in [0.05, 0.1) is 24.9 Å². The third kappa shape index (κ3) is 9.09. The highest BCUT2D eigenvalue weighted by Crippen LogP contribution is 2.33. The van der Waals surface area contributed by atoms with Crippen LogP contribution in [0.3, 0.4) is 0 Å². The maximum atomic E-state index is 11.9. The Bertz CT molecular complexity index is 474. The summed E-state index contributed by atoms with van der Waals surface area (Å²) < 4.78 is 22.7. The molecular formula is C21H39NO7. The summed E-state index contributed by atoms with van der Waals surface area (Å²) in [5, 5.41) is 12.3. The Labute approximate surface area is 174 Å². The van der Waals surface area contributed by atoms with Gasteiger partial charge < -0.3 is 29.4 Å². The van der Waals surface area contributed by atoms with E-state index in [-0.39, 0.29) is 48.6 Å². The molecule has 1 aliphatic rings. The van der Waals surface area contributed by atoms with Gasteiger partial charge in [-0.05, 0) is 31.6 Å². The van der Waals surface area contributed by atoms with E-state index in [1.54, 1.807) is 14.2 Å². The predicted molar refractivity (Wildman–Crippen MR) is 109 cm³/mol. The molecule has 0 saturated heterocycles. The Morgan fingerprint density at radius 1 is 1.07 bits per heavy atom. The predicted octanol–water partition coefficient (Wildman–Crippen LogP) is 1.47. The highest BCUT2D eigenvalue weighted by atomic mass is 16.5. The van der Waals surface area contributed by atoms with Crippen molar-refractivity contribution in [2.45, 2.75) is 76.7 Å². The molecule has 5 unspecified atom stereocenters. The molecule has 0 aromatic rings. The number of aliphatic hydroxyl groups is 1. The molecule has 0 bridgehead atoms. The number of nitrogens with one attached hydrogen (secondary N) is 1. The average Bonchev–Trinajstić information content (AvgIpc) is 2.69. The first-order valence-electron chi connectivity index (χ1n) is 10.6. The number of Topliss-reactive ketones (excluding diaryl/α,β-unsaturated/α-hetero) is 1. The lowest BCUT2D eigenvalue weighted by Gasteiger charge is -2.45. The van der Waals surface area contributed by atoms with Crippen molar-refractivity contribution in [3.63, 3.8) is 0 Å². The minimum Gasteiger partial charge on any atom is -0.396 e. The second-order valence-corrected chi connectivity index (χ2v) is 7.55. The zero-order chi connectivity index (χ0) is 21.6. The summed E-state index contributed by atoms with van der Waals surface area (Å²) in [5.74, 6) is 0.0600. The van der Waals surface area contributed by atoms with Crippen LogP contribution >= 0.6 is 0 Å². The van der Waals surface area contributed by atoms with E-state index in [2.05, 4.69) is 5.32 Å². The number of methoxy groups -OCH3 is 2. The standard InChI is InChI=1S/C21H39NO7/c1-5-11-28-13-9-17(25)7-6-12-29-18-14-16(8-10-23)20(26-3)21(27-4)19(18)22-15(2)24/h16,18-21,23H,5-14H2,1-4H3,(H,22,24). The van der Waals surface area contributed by atoms with Crippen LogP contribution in [-0.4, -0.2) is 81.8 Å². The maximum absolute atomic E-state index is 11.9. The van der Waals surface area contributed by atoms with Gasteiger partial charge in [0.15, 0.2) is 0 Å². The van der Waals surface area contributed by atoms with Gasteiger partial charge in [-0.15, -0.1) is 0 Å². The first-order valence-corrected chi connectivity index (χ1v) is 10.6. The van der Waals surface area contributed by atoms with Crippen molar-refractivity contribution in [1.82, 2.24) is 5.32 Å². The van der Waals surface area contributed by atoms with E-state index in [1.807, 2.05) is 6.92 Å². The van der Waals surface area contributed by atoms with Gasteiger partial charge in [-0.25, -0.2) is 0 Å². The summed E-state index contributed by atoms with van der Waals surface area (Å²) in [7, 11) is 3.20. The highest BCUT2D eigenvalue weighted by Gasteiger charge is 2.46. The highest BCUT2D eigenvalue weighted by molar-refractivity contribution is 5.78. The molecule has 0 heterocycles. The molecule has 5 atom stereocenters. The van der Waals surface area contributed by atoms with Crippen LogP contribution in [0.2, 0.25) is 0 Å². The van der Waals surface area contributed by atoms with Crippen LogP contribution in [0.5, 0.6) is 0 Å². The van der Waals surface area contributed by atoms with Gasteiger partial charge in [-0.3, -0.25) is 9.59 Å². The molecule has 8 heteroatoms. The van der Waals surface area contributed by atoms with Gasteiger partial charge in [-0.1, -0.05) is 6.92 Å². The van der Waals surface area contributed by atoms with Crippen molar-refractivity contribution in [2.24, 2.45) is 5.92 Å². The van der Waals surface area contributed by atoms with Crippen LogP contribution in [-0.2, 0) is 28.5 Å². The topological polar surface area (TPSA) is 103 Å². The van der Waals surface area contributed by atoms with E-state index < -0.39 is 0 Å². The molecule has 0 aliphatic heterocycles. The summed E-state index contributed by atoms with van der Waals surface area (Å²) in [6.07, 6.45) is 2.76. The molecule has 0 radical (unpaired) electrons. The first-order chi connectivity index (χ1) is 14.0. The zero-order valence-corrected chi connectivity index (χ0v) is 18.4. The van der Waals surface area contributed by atoms with Crippen LogP contribution in [0.25, 0.3) is 0 Å². The minimum absolute atomic E-state index is 0.0487. The zero-order valence-electron chi connectivity index (χ0n) is 18.4.